The van der Waals surface area contributed by atoms with Crippen molar-refractivity contribution < 1.29 is 29.7 Å². The van der Waals surface area contributed by atoms with E-state index in [1.54, 1.807) is 0 Å². The summed E-state index contributed by atoms with van der Waals surface area (Å²) in [6.45, 7) is 0.607. The molecule has 0 unspecified atom stereocenters. The van der Waals surface area contributed by atoms with Crippen molar-refractivity contribution in [2.45, 2.75) is 43.9 Å². The standard InChI is InChI=1S/C12H22N2O6/c13-9(12(19)20)3-1-2-4-14-6-11(18)10(17)5-8(16)7-15/h7,9-11,14,17-18H,1-6,13H2,(H,19,20)/t9-,10+,11-/m0/s1/i6+1. The molecule has 0 aliphatic carbocycles. The maximum Gasteiger partial charge on any atom is 0.320 e. The number of carboxylic acids is 1. The molecule has 0 aromatic rings. The molecule has 6 N–H and O–H groups in total. The van der Waals surface area contributed by atoms with E-state index >= 15 is 0 Å². The first-order chi connectivity index (χ1) is 9.38. The number of aliphatic hydroxyl groups excluding tert-OH is 2. The number of hydrogen-bond donors (Lipinski definition) is 5. The summed E-state index contributed by atoms with van der Waals surface area (Å²) in [6, 6.07) is -0.864. The number of carbonyl (C=O) groups excluding carboxylic acids is 2. The summed E-state index contributed by atoms with van der Waals surface area (Å²) in [4.78, 5) is 31.3. The second kappa shape index (κ2) is 10.4. The molecule has 0 rings (SSSR count). The number of carboxylic acid groups (broad SMARTS) is 1. The largest absolute Gasteiger partial charge is 0.480 e. The van der Waals surface area contributed by atoms with Crippen molar-refractivity contribution in [1.82, 2.24) is 5.32 Å². The molecule has 0 heterocycles. The molecular formula is C12H22N2O6. The van der Waals surface area contributed by atoms with Gasteiger partial charge in [0.15, 0.2) is 12.1 Å². The van der Waals surface area contributed by atoms with Gasteiger partial charge < -0.3 is 26.4 Å². The van der Waals surface area contributed by atoms with Crippen LogP contribution in [0.25, 0.3) is 0 Å². The number of aliphatic hydroxyl groups is 2. The summed E-state index contributed by atoms with van der Waals surface area (Å²) in [5.41, 5.74) is 5.33. The topological polar surface area (TPSA) is 150 Å². The van der Waals surface area contributed by atoms with E-state index in [4.69, 9.17) is 10.8 Å². The molecule has 0 saturated heterocycles. The Balaban J connectivity index is 3.61. The lowest BCUT2D eigenvalue weighted by atomic mass is 10.1. The normalized spacial score (nSPS) is 15.3. The molecule has 8 nitrogen and oxygen atoms in total. The van der Waals surface area contributed by atoms with Crippen LogP contribution in [0.15, 0.2) is 0 Å². The zero-order valence-electron chi connectivity index (χ0n) is 11.2. The number of hydrogen-bond acceptors (Lipinski definition) is 7. The molecule has 116 valence electrons. The van der Waals surface area contributed by atoms with E-state index in [0.717, 1.165) is 0 Å². The van der Waals surface area contributed by atoms with Crippen LogP contribution >= 0.6 is 0 Å². The zero-order valence-corrected chi connectivity index (χ0v) is 11.2. The number of nitrogens with two attached hydrogens (primary N) is 1. The Bertz CT molecular complexity index is 323. The first kappa shape index (κ1) is 18.7. The molecule has 0 bridgehead atoms. The van der Waals surface area contributed by atoms with Crippen molar-refractivity contribution in [2.24, 2.45) is 5.73 Å². The van der Waals surface area contributed by atoms with Crippen molar-refractivity contribution in [3.63, 3.8) is 0 Å². The van der Waals surface area contributed by atoms with Gasteiger partial charge in [0.25, 0.3) is 0 Å². The van der Waals surface area contributed by atoms with Gasteiger partial charge in [-0.15, -0.1) is 0 Å². The Morgan fingerprint density at radius 3 is 2.40 bits per heavy atom. The molecule has 0 aliphatic rings. The van der Waals surface area contributed by atoms with Crippen LogP contribution in [0.4, 0.5) is 0 Å². The SMILES string of the molecule is N[C@@H](CCCCN[13CH2][C@H](O)[C@H](O)CC(=O)C=O)C(=O)O. The summed E-state index contributed by atoms with van der Waals surface area (Å²) in [5, 5.41) is 30.3. The summed E-state index contributed by atoms with van der Waals surface area (Å²) in [6.07, 6.45) is -1.04. The molecule has 0 spiro atoms. The third-order valence-corrected chi connectivity index (χ3v) is 2.78. The number of unbranched alkanes of at least 4 members (excludes halogenated alkanes) is 1. The molecular weight excluding hydrogens is 269 g/mol. The van der Waals surface area contributed by atoms with Crippen LogP contribution in [-0.2, 0) is 14.4 Å². The lowest BCUT2D eigenvalue weighted by Crippen LogP contribution is -2.38. The molecule has 3 atom stereocenters. The average molecular weight is 291 g/mol. The lowest BCUT2D eigenvalue weighted by Gasteiger charge is -2.17. The van der Waals surface area contributed by atoms with Crippen LogP contribution in [0.2, 0.25) is 0 Å². The molecule has 0 aromatic heterocycles. The second-order valence-electron chi connectivity index (χ2n) is 4.57. The van der Waals surface area contributed by atoms with Gasteiger partial charge in [-0.25, -0.2) is 0 Å². The minimum absolute atomic E-state index is 0.0816. The van der Waals surface area contributed by atoms with Gasteiger partial charge in [-0.2, -0.15) is 0 Å². The molecule has 20 heavy (non-hydrogen) atoms. The van der Waals surface area contributed by atoms with Gasteiger partial charge >= 0.3 is 5.97 Å². The van der Waals surface area contributed by atoms with Crippen LogP contribution < -0.4 is 11.1 Å². The summed E-state index contributed by atoms with van der Waals surface area (Å²) >= 11 is 0. The van der Waals surface area contributed by atoms with Crippen LogP contribution in [0, 0.1) is 0 Å². The Morgan fingerprint density at radius 1 is 1.20 bits per heavy atom. The Morgan fingerprint density at radius 2 is 1.85 bits per heavy atom. The number of carbonyl (C=O) groups is 3. The molecule has 0 aliphatic heterocycles. The molecule has 0 aromatic carbocycles. The lowest BCUT2D eigenvalue weighted by molar-refractivity contribution is -0.138. The molecule has 0 saturated carbocycles. The van der Waals surface area contributed by atoms with Crippen LogP contribution in [0.1, 0.15) is 25.7 Å². The van der Waals surface area contributed by atoms with Gasteiger partial charge in [0.1, 0.15) is 6.04 Å². The van der Waals surface area contributed by atoms with Crippen molar-refractivity contribution in [3.8, 4) is 0 Å². The fraction of sp³-hybridized carbons (Fsp3) is 0.750. The first-order valence-electron chi connectivity index (χ1n) is 6.41. The molecule has 0 fully saturated rings. The fourth-order valence-corrected chi connectivity index (χ4v) is 1.51. The number of aliphatic carboxylic acids is 1. The van der Waals surface area contributed by atoms with Gasteiger partial charge in [-0.1, -0.05) is 6.42 Å². The third kappa shape index (κ3) is 8.70. The van der Waals surface area contributed by atoms with Crippen molar-refractivity contribution in [2.75, 3.05) is 13.1 Å². The third-order valence-electron chi connectivity index (χ3n) is 2.78. The Hall–Kier alpha value is -1.35. The zero-order chi connectivity index (χ0) is 15.5. The van der Waals surface area contributed by atoms with Gasteiger partial charge in [-0.3, -0.25) is 14.4 Å². The average Bonchev–Trinajstić information content (AvgIpc) is 2.41. The molecule has 0 amide bonds. The highest BCUT2D eigenvalue weighted by Gasteiger charge is 2.18. The predicted octanol–water partition coefficient (Wildman–Crippen LogP) is -1.96. The van der Waals surface area contributed by atoms with E-state index in [0.29, 0.717) is 25.8 Å². The van der Waals surface area contributed by atoms with E-state index in [9.17, 15) is 24.6 Å². The monoisotopic (exact) mass is 291 g/mol. The van der Waals surface area contributed by atoms with Crippen molar-refractivity contribution in [3.05, 3.63) is 0 Å². The summed E-state index contributed by atoms with van der Waals surface area (Å²) in [7, 11) is 0. The molecule has 8 heteroatoms. The smallest absolute Gasteiger partial charge is 0.320 e. The van der Waals surface area contributed by atoms with Crippen LogP contribution in [0.3, 0.4) is 0 Å². The first-order valence-corrected chi connectivity index (χ1v) is 6.41. The van der Waals surface area contributed by atoms with Gasteiger partial charge in [-0.05, 0) is 19.4 Å². The maximum atomic E-state index is 10.7. The number of aldehydes is 1. The highest BCUT2D eigenvalue weighted by atomic mass is 16.4. The van der Waals surface area contributed by atoms with Gasteiger partial charge in [0, 0.05) is 13.0 Å². The second-order valence-corrected chi connectivity index (χ2v) is 4.57. The van der Waals surface area contributed by atoms with Crippen LogP contribution in [-0.4, -0.2) is 64.7 Å². The predicted molar refractivity (Wildman–Crippen MR) is 70.0 cm³/mol. The van der Waals surface area contributed by atoms with Gasteiger partial charge in [0.2, 0.25) is 0 Å². The van der Waals surface area contributed by atoms with Crippen molar-refractivity contribution >= 4 is 18.0 Å². The fourth-order valence-electron chi connectivity index (χ4n) is 1.51. The van der Waals surface area contributed by atoms with Crippen molar-refractivity contribution in [1.29, 1.82) is 0 Å². The Kier molecular flexibility index (Phi) is 9.73. The van der Waals surface area contributed by atoms with Crippen LogP contribution in [0.5, 0.6) is 0 Å². The van der Waals surface area contributed by atoms with E-state index in [1.807, 2.05) is 0 Å². The highest BCUT2D eigenvalue weighted by Crippen LogP contribution is 2.00. The minimum Gasteiger partial charge on any atom is -0.480 e. The maximum absolute atomic E-state index is 10.7. The van der Waals surface area contributed by atoms with E-state index in [-0.39, 0.29) is 12.8 Å². The Labute approximate surface area is 117 Å². The van der Waals surface area contributed by atoms with Gasteiger partial charge in [0.05, 0.1) is 12.2 Å². The highest BCUT2D eigenvalue weighted by molar-refractivity contribution is 6.25. The quantitative estimate of drug-likeness (QED) is 0.120. The number of ketones is 1. The van der Waals surface area contributed by atoms with E-state index in [2.05, 4.69) is 5.32 Å². The van der Waals surface area contributed by atoms with E-state index in [1.165, 1.54) is 0 Å². The molecule has 0 radical (unpaired) electrons. The summed E-state index contributed by atoms with van der Waals surface area (Å²) in [5.74, 6) is -1.80. The van der Waals surface area contributed by atoms with E-state index < -0.39 is 36.4 Å². The number of nitrogens with one attached hydrogen (secondary N) is 1. The number of rotatable bonds is 12. The minimum atomic E-state index is -1.28. The number of Topliss-reactive ketones (excluding diaryl/α,β-unsaturated/α-hetero) is 1. The summed E-state index contributed by atoms with van der Waals surface area (Å²) < 4.78 is 0.